The average molecular weight is 653 g/mol. The Morgan fingerprint density at radius 1 is 1.07 bits per heavy atom. The Balaban J connectivity index is 1.33. The van der Waals surface area contributed by atoms with Crippen molar-refractivity contribution in [3.05, 3.63) is 84.2 Å². The van der Waals surface area contributed by atoms with E-state index in [1.807, 2.05) is 38.1 Å². The van der Waals surface area contributed by atoms with Crippen LogP contribution >= 0.6 is 11.8 Å². The molecule has 0 atom stereocenters. The number of alkyl halides is 3. The number of carbonyl (C=O) groups is 2. The van der Waals surface area contributed by atoms with E-state index < -0.39 is 12.4 Å². The van der Waals surface area contributed by atoms with Crippen molar-refractivity contribution in [3.8, 4) is 22.8 Å². The van der Waals surface area contributed by atoms with Crippen LogP contribution < -0.4 is 15.0 Å². The number of anilines is 2. The zero-order valence-electron chi connectivity index (χ0n) is 25.2. The number of hydrogen-bond acceptors (Lipinski definition) is 7. The summed E-state index contributed by atoms with van der Waals surface area (Å²) in [7, 11) is 1.59. The number of para-hydroxylation sites is 1. The Hall–Kier alpha value is -4.69. The van der Waals surface area contributed by atoms with Crippen LogP contribution in [0.1, 0.15) is 37.6 Å². The highest BCUT2D eigenvalue weighted by Crippen LogP contribution is 2.33. The molecule has 0 saturated carbocycles. The molecular formula is C32H31F3N6O4S. The lowest BCUT2D eigenvalue weighted by atomic mass is 10.0. The third-order valence-corrected chi connectivity index (χ3v) is 7.82. The number of urea groups is 1. The normalized spacial score (nSPS) is 14.4. The first-order valence-electron chi connectivity index (χ1n) is 14.4. The van der Waals surface area contributed by atoms with Crippen LogP contribution in [0.3, 0.4) is 0 Å². The lowest BCUT2D eigenvalue weighted by Crippen LogP contribution is -2.31. The van der Waals surface area contributed by atoms with Gasteiger partial charge in [0, 0.05) is 31.4 Å². The number of halogens is 3. The van der Waals surface area contributed by atoms with E-state index in [2.05, 4.69) is 25.1 Å². The van der Waals surface area contributed by atoms with Gasteiger partial charge in [0.25, 0.3) is 0 Å². The fourth-order valence-corrected chi connectivity index (χ4v) is 5.66. The van der Waals surface area contributed by atoms with Gasteiger partial charge in [0.1, 0.15) is 11.6 Å². The van der Waals surface area contributed by atoms with E-state index in [4.69, 9.17) is 4.74 Å². The minimum absolute atomic E-state index is 0.145. The first kappa shape index (κ1) is 32.7. The predicted octanol–water partition coefficient (Wildman–Crippen LogP) is 7.20. The summed E-state index contributed by atoms with van der Waals surface area (Å²) < 4.78 is 48.5. The van der Waals surface area contributed by atoms with Gasteiger partial charge in [-0.15, -0.1) is 18.3 Å². The van der Waals surface area contributed by atoms with Crippen molar-refractivity contribution in [2.24, 2.45) is 4.99 Å². The molecule has 0 spiro atoms. The van der Waals surface area contributed by atoms with Gasteiger partial charge in [0.2, 0.25) is 5.91 Å². The van der Waals surface area contributed by atoms with E-state index in [-0.39, 0.29) is 23.3 Å². The number of nitrogens with one attached hydrogen (secondary N) is 1. The smallest absolute Gasteiger partial charge is 0.406 e. The van der Waals surface area contributed by atoms with Crippen molar-refractivity contribution in [1.82, 2.24) is 14.8 Å². The number of rotatable bonds is 10. The lowest BCUT2D eigenvalue weighted by Gasteiger charge is -2.21. The summed E-state index contributed by atoms with van der Waals surface area (Å²) in [6.07, 6.45) is -3.63. The number of aryl methyl sites for hydroxylation is 1. The van der Waals surface area contributed by atoms with Crippen LogP contribution in [0.25, 0.3) is 17.1 Å². The van der Waals surface area contributed by atoms with E-state index in [9.17, 15) is 22.8 Å². The molecule has 46 heavy (non-hydrogen) atoms. The van der Waals surface area contributed by atoms with E-state index in [0.29, 0.717) is 58.9 Å². The third kappa shape index (κ3) is 7.93. The first-order valence-corrected chi connectivity index (χ1v) is 15.4. The van der Waals surface area contributed by atoms with Gasteiger partial charge in [-0.2, -0.15) is 4.99 Å². The summed E-state index contributed by atoms with van der Waals surface area (Å²) in [5.74, 6) is 0.855. The van der Waals surface area contributed by atoms with Crippen molar-refractivity contribution in [1.29, 1.82) is 0 Å². The van der Waals surface area contributed by atoms with Crippen LogP contribution in [0.5, 0.6) is 5.75 Å². The van der Waals surface area contributed by atoms with E-state index >= 15 is 0 Å². The van der Waals surface area contributed by atoms with Crippen LogP contribution in [0.15, 0.2) is 77.8 Å². The topological polar surface area (TPSA) is 111 Å². The Kier molecular flexibility index (Phi) is 10.1. The first-order chi connectivity index (χ1) is 22.0. The van der Waals surface area contributed by atoms with Crippen LogP contribution in [0.4, 0.5) is 29.3 Å². The van der Waals surface area contributed by atoms with Gasteiger partial charge in [-0.3, -0.25) is 9.69 Å². The van der Waals surface area contributed by atoms with Crippen LogP contribution in [-0.4, -0.2) is 57.7 Å². The fourth-order valence-electron chi connectivity index (χ4n) is 4.80. The molecule has 1 saturated heterocycles. The number of amidine groups is 1. The number of amides is 3. The Morgan fingerprint density at radius 2 is 1.78 bits per heavy atom. The molecule has 2 heterocycles. The molecule has 240 valence electrons. The zero-order chi connectivity index (χ0) is 32.8. The predicted molar refractivity (Wildman–Crippen MR) is 171 cm³/mol. The van der Waals surface area contributed by atoms with E-state index in [1.54, 1.807) is 36.1 Å². The quantitative estimate of drug-likeness (QED) is 0.180. The van der Waals surface area contributed by atoms with E-state index in [0.717, 1.165) is 5.56 Å². The number of nitrogens with zero attached hydrogens (tertiary/aromatic N) is 5. The molecule has 1 N–H and O–H groups in total. The number of aliphatic imine (C=N–C) groups is 1. The molecule has 0 unspecified atom stereocenters. The Morgan fingerprint density at radius 3 is 2.46 bits per heavy atom. The molecule has 1 aliphatic heterocycles. The van der Waals surface area contributed by atoms with Gasteiger partial charge in [0.05, 0.1) is 17.1 Å². The van der Waals surface area contributed by atoms with Gasteiger partial charge < -0.3 is 14.8 Å². The minimum Gasteiger partial charge on any atom is -0.406 e. The number of aromatic nitrogens is 3. The van der Waals surface area contributed by atoms with Crippen LogP contribution in [0.2, 0.25) is 0 Å². The SMILES string of the molecule is COCCCc1nc(-c2ccc(NC(=O)N=C3SCC(=O)N3c3ccccc3C(C)C)cc2)nn1-c1ccc(OC(F)(F)F)cc1. The van der Waals surface area contributed by atoms with Crippen molar-refractivity contribution >= 4 is 40.2 Å². The Bertz CT molecular complexity index is 1720. The molecule has 14 heteroatoms. The van der Waals surface area contributed by atoms with Crippen molar-refractivity contribution in [2.45, 2.75) is 39.0 Å². The molecule has 10 nitrogen and oxygen atoms in total. The maximum atomic E-state index is 12.9. The number of ether oxygens (including phenoxy) is 2. The fraction of sp³-hybridized carbons (Fsp3) is 0.281. The second-order valence-corrected chi connectivity index (χ2v) is 11.5. The third-order valence-electron chi connectivity index (χ3n) is 6.89. The van der Waals surface area contributed by atoms with Crippen molar-refractivity contribution in [3.63, 3.8) is 0 Å². The lowest BCUT2D eigenvalue weighted by molar-refractivity contribution is -0.274. The summed E-state index contributed by atoms with van der Waals surface area (Å²) in [5, 5.41) is 7.66. The highest BCUT2D eigenvalue weighted by atomic mass is 32.2. The molecule has 3 aromatic carbocycles. The average Bonchev–Trinajstić information content (AvgIpc) is 3.60. The molecule has 1 fully saturated rings. The molecule has 0 bridgehead atoms. The van der Waals surface area contributed by atoms with Crippen molar-refractivity contribution < 1.29 is 32.2 Å². The maximum absolute atomic E-state index is 12.9. The summed E-state index contributed by atoms with van der Waals surface area (Å²) in [6.45, 7) is 4.57. The molecule has 3 amide bonds. The number of carbonyl (C=O) groups excluding carboxylic acids is 2. The largest absolute Gasteiger partial charge is 0.573 e. The van der Waals surface area contributed by atoms with Crippen molar-refractivity contribution in [2.75, 3.05) is 29.7 Å². The molecule has 0 aliphatic carbocycles. The number of benzene rings is 3. The van der Waals surface area contributed by atoms with Crippen LogP contribution in [0, 0.1) is 0 Å². The molecule has 1 aliphatic rings. The monoisotopic (exact) mass is 652 g/mol. The van der Waals surface area contributed by atoms with Gasteiger partial charge in [-0.1, -0.05) is 43.8 Å². The molecule has 5 rings (SSSR count). The highest BCUT2D eigenvalue weighted by molar-refractivity contribution is 8.15. The van der Waals surface area contributed by atoms with Gasteiger partial charge >= 0.3 is 12.4 Å². The van der Waals surface area contributed by atoms with Crippen LogP contribution in [-0.2, 0) is 16.0 Å². The molecule has 1 aromatic heterocycles. The zero-order valence-corrected chi connectivity index (χ0v) is 26.1. The number of hydrogen-bond donors (Lipinski definition) is 1. The van der Waals surface area contributed by atoms with E-state index in [1.165, 1.54) is 40.9 Å². The molecule has 0 radical (unpaired) electrons. The summed E-state index contributed by atoms with van der Waals surface area (Å²) in [6, 6.07) is 19.1. The minimum atomic E-state index is -4.79. The summed E-state index contributed by atoms with van der Waals surface area (Å²) in [5.41, 5.74) is 3.33. The second-order valence-electron chi connectivity index (χ2n) is 10.5. The highest BCUT2D eigenvalue weighted by Gasteiger charge is 2.32. The second kappa shape index (κ2) is 14.2. The Labute approximate surface area is 267 Å². The van der Waals surface area contributed by atoms with Gasteiger partial charge in [-0.05, 0) is 72.5 Å². The molecule has 4 aromatic rings. The van der Waals surface area contributed by atoms with Gasteiger partial charge in [0.15, 0.2) is 11.0 Å². The number of thioether (sulfide) groups is 1. The van der Waals surface area contributed by atoms with Gasteiger partial charge in [-0.25, -0.2) is 14.5 Å². The maximum Gasteiger partial charge on any atom is 0.573 e. The molecular weight excluding hydrogens is 621 g/mol. The standard InChI is InChI=1S/C32H31F3N6O4S/c1-20(2)25-7-4-5-8-26(25)40-28(42)19-46-31(40)38-30(43)36-22-12-10-21(11-13-22)29-37-27(9-6-18-44-3)41(39-29)23-14-16-24(17-15-23)45-32(33,34)35/h4-5,7-8,10-17,20H,6,9,18-19H2,1-3H3,(H,36,43). The summed E-state index contributed by atoms with van der Waals surface area (Å²) >= 11 is 1.21. The number of methoxy groups -OCH3 is 1. The summed E-state index contributed by atoms with van der Waals surface area (Å²) in [4.78, 5) is 36.0.